The van der Waals surface area contributed by atoms with Gasteiger partial charge in [0, 0.05) is 18.2 Å². The van der Waals surface area contributed by atoms with Gasteiger partial charge in [0.1, 0.15) is 28.4 Å². The van der Waals surface area contributed by atoms with Gasteiger partial charge in [0.25, 0.3) is 5.91 Å². The lowest BCUT2D eigenvalue weighted by molar-refractivity contribution is 0.102. The van der Waals surface area contributed by atoms with E-state index in [1.54, 1.807) is 30.8 Å². The number of para-hydroxylation sites is 1. The summed E-state index contributed by atoms with van der Waals surface area (Å²) in [6, 6.07) is 17.5. The Bertz CT molecular complexity index is 1490. The summed E-state index contributed by atoms with van der Waals surface area (Å²) in [6.07, 6.45) is 1.70. The molecule has 5 rings (SSSR count). The summed E-state index contributed by atoms with van der Waals surface area (Å²) in [5, 5.41) is 17.9. The van der Waals surface area contributed by atoms with Crippen LogP contribution in [0.5, 0.6) is 11.5 Å². The Balaban J connectivity index is 1.63. The SMILES string of the molecule is COc1ccc([C@@H]2CC(c3c(O)cc(C)oc3=O)=Nc3c(C(=O)Nc4ccccc4)cnn32)cc1. The van der Waals surface area contributed by atoms with Crippen LogP contribution in [0, 0.1) is 6.92 Å². The summed E-state index contributed by atoms with van der Waals surface area (Å²) >= 11 is 0. The van der Waals surface area contributed by atoms with E-state index >= 15 is 0 Å². The monoisotopic (exact) mass is 470 g/mol. The van der Waals surface area contributed by atoms with Crippen molar-refractivity contribution in [2.75, 3.05) is 12.4 Å². The molecule has 2 aromatic heterocycles. The Morgan fingerprint density at radius 2 is 1.91 bits per heavy atom. The van der Waals surface area contributed by atoms with Crippen molar-refractivity contribution in [3.05, 3.63) is 99.7 Å². The van der Waals surface area contributed by atoms with Crippen LogP contribution >= 0.6 is 0 Å². The highest BCUT2D eigenvalue weighted by atomic mass is 16.5. The molecule has 0 unspecified atom stereocenters. The van der Waals surface area contributed by atoms with Gasteiger partial charge in [-0.1, -0.05) is 30.3 Å². The maximum atomic E-state index is 13.1. The highest BCUT2D eigenvalue weighted by molar-refractivity contribution is 6.10. The molecule has 1 amide bonds. The third-order valence-electron chi connectivity index (χ3n) is 5.81. The van der Waals surface area contributed by atoms with E-state index in [1.165, 1.54) is 12.3 Å². The van der Waals surface area contributed by atoms with E-state index in [-0.39, 0.29) is 40.9 Å². The van der Waals surface area contributed by atoms with Crippen LogP contribution in [0.15, 0.2) is 81.1 Å². The summed E-state index contributed by atoms with van der Waals surface area (Å²) in [6.45, 7) is 1.58. The standard InChI is InChI=1S/C26H22N4O5/c1-15-12-22(31)23(26(33)35-15)20-13-21(16-8-10-18(34-2)11-9-16)30-24(29-20)19(14-27-30)25(32)28-17-6-4-3-5-7-17/h3-12,14,21,31H,13H2,1-2H3,(H,28,32)/t21-/m0/s1. The van der Waals surface area contributed by atoms with Crippen molar-refractivity contribution in [3.63, 3.8) is 0 Å². The summed E-state index contributed by atoms with van der Waals surface area (Å²) in [5.74, 6) is 0.636. The van der Waals surface area contributed by atoms with E-state index in [0.717, 1.165) is 5.56 Å². The molecule has 0 spiro atoms. The molecule has 0 fully saturated rings. The number of benzene rings is 2. The van der Waals surface area contributed by atoms with Gasteiger partial charge < -0.3 is 19.6 Å². The van der Waals surface area contributed by atoms with Crippen LogP contribution in [0.4, 0.5) is 11.5 Å². The molecule has 0 saturated heterocycles. The first kappa shape index (κ1) is 22.1. The number of methoxy groups -OCH3 is 1. The smallest absolute Gasteiger partial charge is 0.348 e. The number of carbonyl (C=O) groups is 1. The first-order valence-corrected chi connectivity index (χ1v) is 10.9. The second-order valence-corrected chi connectivity index (χ2v) is 8.10. The summed E-state index contributed by atoms with van der Waals surface area (Å²) < 4.78 is 12.1. The number of hydrogen-bond donors (Lipinski definition) is 2. The van der Waals surface area contributed by atoms with Crippen LogP contribution in [0.25, 0.3) is 0 Å². The highest BCUT2D eigenvalue weighted by Gasteiger charge is 2.32. The molecule has 1 atom stereocenters. The van der Waals surface area contributed by atoms with Crippen molar-refractivity contribution in [2.45, 2.75) is 19.4 Å². The third kappa shape index (κ3) is 4.19. The Kier molecular flexibility index (Phi) is 5.66. The van der Waals surface area contributed by atoms with E-state index in [2.05, 4.69) is 15.4 Å². The van der Waals surface area contributed by atoms with Crippen LogP contribution in [-0.4, -0.2) is 33.6 Å². The number of anilines is 1. The molecule has 3 heterocycles. The summed E-state index contributed by atoms with van der Waals surface area (Å²) in [7, 11) is 1.59. The van der Waals surface area contributed by atoms with Crippen LogP contribution in [0.1, 0.15) is 39.7 Å². The quantitative estimate of drug-likeness (QED) is 0.451. The van der Waals surface area contributed by atoms with Gasteiger partial charge in [0.15, 0.2) is 5.82 Å². The minimum atomic E-state index is -0.696. The number of aromatic nitrogens is 2. The minimum Gasteiger partial charge on any atom is -0.507 e. The zero-order valence-corrected chi connectivity index (χ0v) is 19.1. The number of amides is 1. The summed E-state index contributed by atoms with van der Waals surface area (Å²) in [5.41, 5.74) is 1.31. The van der Waals surface area contributed by atoms with Crippen LogP contribution in [0.3, 0.4) is 0 Å². The van der Waals surface area contributed by atoms with Crippen LogP contribution < -0.4 is 15.7 Å². The van der Waals surface area contributed by atoms with Crippen LogP contribution in [-0.2, 0) is 0 Å². The van der Waals surface area contributed by atoms with Gasteiger partial charge in [0.2, 0.25) is 0 Å². The van der Waals surface area contributed by atoms with Crippen molar-refractivity contribution in [1.82, 2.24) is 9.78 Å². The lowest BCUT2D eigenvalue weighted by atomic mass is 9.96. The lowest BCUT2D eigenvalue weighted by Gasteiger charge is -2.25. The Morgan fingerprint density at radius 1 is 1.17 bits per heavy atom. The normalized spacial score (nSPS) is 14.7. The fourth-order valence-electron chi connectivity index (χ4n) is 4.12. The fourth-order valence-corrected chi connectivity index (χ4v) is 4.12. The van der Waals surface area contributed by atoms with E-state index < -0.39 is 11.5 Å². The minimum absolute atomic E-state index is 0.0315. The van der Waals surface area contributed by atoms with E-state index in [4.69, 9.17) is 9.15 Å². The van der Waals surface area contributed by atoms with Crippen molar-refractivity contribution < 1.29 is 19.1 Å². The molecule has 1 aliphatic heterocycles. The predicted molar refractivity (Wildman–Crippen MR) is 130 cm³/mol. The number of nitrogens with zero attached hydrogens (tertiary/aromatic N) is 3. The van der Waals surface area contributed by atoms with Crippen molar-refractivity contribution in [1.29, 1.82) is 0 Å². The molecule has 176 valence electrons. The van der Waals surface area contributed by atoms with Crippen LogP contribution in [0.2, 0.25) is 0 Å². The number of carbonyl (C=O) groups excluding carboxylic acids is 1. The number of hydrogen-bond acceptors (Lipinski definition) is 7. The molecule has 9 nitrogen and oxygen atoms in total. The zero-order valence-electron chi connectivity index (χ0n) is 19.1. The molecule has 9 heteroatoms. The Hall–Kier alpha value is -4.66. The molecular weight excluding hydrogens is 448 g/mol. The average Bonchev–Trinajstić information content (AvgIpc) is 3.28. The number of rotatable bonds is 5. The highest BCUT2D eigenvalue weighted by Crippen LogP contribution is 2.37. The molecule has 0 radical (unpaired) electrons. The lowest BCUT2D eigenvalue weighted by Crippen LogP contribution is -2.25. The first-order valence-electron chi connectivity index (χ1n) is 10.9. The van der Waals surface area contributed by atoms with Gasteiger partial charge in [-0.25, -0.2) is 14.5 Å². The topological polar surface area (TPSA) is 119 Å². The van der Waals surface area contributed by atoms with Crippen molar-refractivity contribution in [2.24, 2.45) is 4.99 Å². The Labute approximate surface area is 200 Å². The molecule has 0 bridgehead atoms. The predicted octanol–water partition coefficient (Wildman–Crippen LogP) is 4.23. The summed E-state index contributed by atoms with van der Waals surface area (Å²) in [4.78, 5) is 30.4. The second-order valence-electron chi connectivity index (χ2n) is 8.10. The van der Waals surface area contributed by atoms with E-state index in [9.17, 15) is 14.7 Å². The number of fused-ring (bicyclic) bond motifs is 1. The molecular formula is C26H22N4O5. The maximum absolute atomic E-state index is 13.1. The molecule has 2 N–H and O–H groups in total. The molecule has 2 aromatic carbocycles. The zero-order chi connectivity index (χ0) is 24.5. The molecule has 0 saturated carbocycles. The number of aliphatic imine (C=N–C) groups is 1. The number of aryl methyl sites for hydroxylation is 1. The third-order valence-corrected chi connectivity index (χ3v) is 5.81. The van der Waals surface area contributed by atoms with E-state index in [0.29, 0.717) is 17.1 Å². The number of ether oxygens (including phenoxy) is 1. The van der Waals surface area contributed by atoms with Gasteiger partial charge >= 0.3 is 5.63 Å². The molecule has 35 heavy (non-hydrogen) atoms. The van der Waals surface area contributed by atoms with Crippen molar-refractivity contribution >= 4 is 23.1 Å². The largest absolute Gasteiger partial charge is 0.507 e. The Morgan fingerprint density at radius 3 is 2.60 bits per heavy atom. The first-order chi connectivity index (χ1) is 16.9. The van der Waals surface area contributed by atoms with Gasteiger partial charge in [-0.3, -0.25) is 4.79 Å². The molecule has 0 aliphatic carbocycles. The number of aromatic hydroxyl groups is 1. The van der Waals surface area contributed by atoms with Gasteiger partial charge in [-0.2, -0.15) is 5.10 Å². The second kappa shape index (κ2) is 8.94. The molecule has 1 aliphatic rings. The molecule has 4 aromatic rings. The van der Waals surface area contributed by atoms with Gasteiger partial charge in [-0.15, -0.1) is 0 Å². The average molecular weight is 470 g/mol. The van der Waals surface area contributed by atoms with E-state index in [1.807, 2.05) is 42.5 Å². The fraction of sp³-hybridized carbons (Fsp3) is 0.154. The van der Waals surface area contributed by atoms with Crippen molar-refractivity contribution in [3.8, 4) is 11.5 Å². The van der Waals surface area contributed by atoms with Gasteiger partial charge in [-0.05, 0) is 36.8 Å². The number of nitrogens with one attached hydrogen (secondary N) is 1. The van der Waals surface area contributed by atoms with Gasteiger partial charge in [0.05, 0.1) is 25.1 Å². The maximum Gasteiger partial charge on any atom is 0.348 e.